The van der Waals surface area contributed by atoms with Gasteiger partial charge in [0, 0.05) is 25.2 Å². The van der Waals surface area contributed by atoms with Crippen LogP contribution in [0.25, 0.3) is 0 Å². The highest BCUT2D eigenvalue weighted by molar-refractivity contribution is 7.80. The van der Waals surface area contributed by atoms with E-state index in [0.717, 1.165) is 30.5 Å². The molecule has 1 aliphatic heterocycles. The highest BCUT2D eigenvalue weighted by atomic mass is 32.1. The number of ether oxygens (including phenoxy) is 2. The molecule has 6 nitrogen and oxygen atoms in total. The molecule has 1 unspecified atom stereocenters. The van der Waals surface area contributed by atoms with Gasteiger partial charge in [-0.1, -0.05) is 13.0 Å². The SMILES string of the molecule is CCCNC(=S)N1CCc2cc(OC)c(OC)cc2C1CNC(=O)c1cccc(F)c1. The number of rotatable bonds is 7. The van der Waals surface area contributed by atoms with Crippen LogP contribution in [0.3, 0.4) is 0 Å². The Balaban J connectivity index is 1.89. The Morgan fingerprint density at radius 3 is 2.61 bits per heavy atom. The van der Waals surface area contributed by atoms with Crippen LogP contribution in [-0.4, -0.2) is 49.8 Å². The van der Waals surface area contributed by atoms with Gasteiger partial charge in [0.05, 0.1) is 20.3 Å². The minimum Gasteiger partial charge on any atom is -0.493 e. The quantitative estimate of drug-likeness (QED) is 0.637. The van der Waals surface area contributed by atoms with Crippen molar-refractivity contribution in [2.75, 3.05) is 33.9 Å². The zero-order chi connectivity index (χ0) is 22.4. The minimum atomic E-state index is -0.445. The topological polar surface area (TPSA) is 62.8 Å². The molecule has 0 radical (unpaired) electrons. The van der Waals surface area contributed by atoms with Crippen molar-refractivity contribution in [1.82, 2.24) is 15.5 Å². The first kappa shape index (κ1) is 22.8. The highest BCUT2D eigenvalue weighted by Crippen LogP contribution is 2.38. The van der Waals surface area contributed by atoms with Gasteiger partial charge in [-0.25, -0.2) is 4.39 Å². The molecule has 8 heteroatoms. The third kappa shape index (κ3) is 5.25. The number of methoxy groups -OCH3 is 2. The maximum Gasteiger partial charge on any atom is 0.251 e. The normalized spacial score (nSPS) is 15.1. The number of fused-ring (bicyclic) bond motifs is 1. The van der Waals surface area contributed by atoms with Crippen molar-refractivity contribution in [2.24, 2.45) is 0 Å². The van der Waals surface area contributed by atoms with Crippen molar-refractivity contribution in [3.05, 3.63) is 58.9 Å². The van der Waals surface area contributed by atoms with Gasteiger partial charge in [-0.3, -0.25) is 4.79 Å². The van der Waals surface area contributed by atoms with Crippen LogP contribution in [0, 0.1) is 5.82 Å². The lowest BCUT2D eigenvalue weighted by Crippen LogP contribution is -2.49. The van der Waals surface area contributed by atoms with Gasteiger partial charge in [0.15, 0.2) is 16.6 Å². The van der Waals surface area contributed by atoms with Crippen LogP contribution < -0.4 is 20.1 Å². The number of benzene rings is 2. The Morgan fingerprint density at radius 2 is 1.94 bits per heavy atom. The third-order valence-electron chi connectivity index (χ3n) is 5.33. The van der Waals surface area contributed by atoms with E-state index < -0.39 is 5.82 Å². The van der Waals surface area contributed by atoms with Crippen LogP contribution in [0.2, 0.25) is 0 Å². The maximum absolute atomic E-state index is 13.5. The Morgan fingerprint density at radius 1 is 1.19 bits per heavy atom. The summed E-state index contributed by atoms with van der Waals surface area (Å²) in [7, 11) is 3.21. The highest BCUT2D eigenvalue weighted by Gasteiger charge is 2.31. The second kappa shape index (κ2) is 10.4. The lowest BCUT2D eigenvalue weighted by Gasteiger charge is -2.39. The van der Waals surface area contributed by atoms with Gasteiger partial charge in [-0.05, 0) is 66.5 Å². The van der Waals surface area contributed by atoms with Crippen LogP contribution in [0.4, 0.5) is 4.39 Å². The summed E-state index contributed by atoms with van der Waals surface area (Å²) < 4.78 is 24.5. The van der Waals surface area contributed by atoms with Gasteiger partial charge in [0.1, 0.15) is 5.82 Å². The molecular weight excluding hydrogens is 417 g/mol. The Labute approximate surface area is 187 Å². The van der Waals surface area contributed by atoms with E-state index in [4.69, 9.17) is 21.7 Å². The predicted octanol–water partition coefficient (Wildman–Crippen LogP) is 3.46. The number of amides is 1. The van der Waals surface area contributed by atoms with Crippen molar-refractivity contribution >= 4 is 23.2 Å². The molecule has 2 N–H and O–H groups in total. The summed E-state index contributed by atoms with van der Waals surface area (Å²) >= 11 is 5.64. The maximum atomic E-state index is 13.5. The number of thiocarbonyl (C=S) groups is 1. The average Bonchev–Trinajstić information content (AvgIpc) is 2.79. The van der Waals surface area contributed by atoms with Crippen LogP contribution in [0.5, 0.6) is 11.5 Å². The van der Waals surface area contributed by atoms with E-state index in [0.29, 0.717) is 29.7 Å². The standard InChI is InChI=1S/C23H28FN3O3S/c1-4-9-25-23(31)27-10-8-15-12-20(29-2)21(30-3)13-18(15)19(27)14-26-22(28)16-6-5-7-17(24)11-16/h5-7,11-13,19H,4,8-10,14H2,1-3H3,(H,25,31)(H,26,28). The van der Waals surface area contributed by atoms with E-state index in [2.05, 4.69) is 22.5 Å². The number of halogens is 1. The molecular formula is C23H28FN3O3S. The van der Waals surface area contributed by atoms with Crippen LogP contribution in [0.15, 0.2) is 36.4 Å². The molecule has 1 atom stereocenters. The number of nitrogens with zero attached hydrogens (tertiary/aromatic N) is 1. The molecule has 0 aliphatic carbocycles. The lowest BCUT2D eigenvalue weighted by molar-refractivity contribution is 0.0941. The summed E-state index contributed by atoms with van der Waals surface area (Å²) in [5.74, 6) is 0.513. The minimum absolute atomic E-state index is 0.196. The number of nitrogens with one attached hydrogen (secondary N) is 2. The number of carbonyl (C=O) groups excluding carboxylic acids is 1. The molecule has 166 valence electrons. The first-order valence-electron chi connectivity index (χ1n) is 10.3. The van der Waals surface area contributed by atoms with E-state index in [1.807, 2.05) is 12.1 Å². The van der Waals surface area contributed by atoms with Gasteiger partial charge >= 0.3 is 0 Å². The van der Waals surface area contributed by atoms with E-state index in [-0.39, 0.29) is 17.5 Å². The van der Waals surface area contributed by atoms with Gasteiger partial charge in [-0.15, -0.1) is 0 Å². The third-order valence-corrected chi connectivity index (χ3v) is 5.71. The predicted molar refractivity (Wildman–Crippen MR) is 122 cm³/mol. The molecule has 0 bridgehead atoms. The first-order valence-corrected chi connectivity index (χ1v) is 10.7. The van der Waals surface area contributed by atoms with Gasteiger partial charge in [-0.2, -0.15) is 0 Å². The van der Waals surface area contributed by atoms with Crippen LogP contribution in [0.1, 0.15) is 40.9 Å². The zero-order valence-corrected chi connectivity index (χ0v) is 18.9. The molecule has 3 rings (SSSR count). The molecule has 0 spiro atoms. The van der Waals surface area contributed by atoms with E-state index in [1.54, 1.807) is 20.3 Å². The first-order chi connectivity index (χ1) is 15.0. The number of carbonyl (C=O) groups is 1. The fourth-order valence-corrected chi connectivity index (χ4v) is 4.07. The fourth-order valence-electron chi connectivity index (χ4n) is 3.75. The van der Waals surface area contributed by atoms with Crippen LogP contribution in [-0.2, 0) is 6.42 Å². The molecule has 0 aromatic heterocycles. The zero-order valence-electron chi connectivity index (χ0n) is 18.0. The van der Waals surface area contributed by atoms with Crippen LogP contribution >= 0.6 is 12.2 Å². The van der Waals surface area contributed by atoms with E-state index >= 15 is 0 Å². The molecule has 31 heavy (non-hydrogen) atoms. The number of hydrogen-bond acceptors (Lipinski definition) is 4. The van der Waals surface area contributed by atoms with Crippen molar-refractivity contribution < 1.29 is 18.7 Å². The smallest absolute Gasteiger partial charge is 0.251 e. The average molecular weight is 446 g/mol. The second-order valence-electron chi connectivity index (χ2n) is 7.32. The Bertz CT molecular complexity index is 954. The summed E-state index contributed by atoms with van der Waals surface area (Å²) in [6, 6.07) is 9.38. The number of hydrogen-bond donors (Lipinski definition) is 2. The molecule has 0 saturated heterocycles. The summed E-state index contributed by atoms with van der Waals surface area (Å²) in [6.45, 7) is 3.87. The summed E-state index contributed by atoms with van der Waals surface area (Å²) in [5, 5.41) is 6.86. The van der Waals surface area contributed by atoms with Crippen molar-refractivity contribution in [2.45, 2.75) is 25.8 Å². The largest absolute Gasteiger partial charge is 0.493 e. The van der Waals surface area contributed by atoms with Crippen molar-refractivity contribution in [1.29, 1.82) is 0 Å². The molecule has 0 fully saturated rings. The van der Waals surface area contributed by atoms with Gasteiger partial charge < -0.3 is 25.0 Å². The molecule has 1 heterocycles. The fraction of sp³-hybridized carbons (Fsp3) is 0.391. The lowest BCUT2D eigenvalue weighted by atomic mass is 9.92. The molecule has 0 saturated carbocycles. The van der Waals surface area contributed by atoms with Crippen molar-refractivity contribution in [3.8, 4) is 11.5 Å². The Hall–Kier alpha value is -2.87. The van der Waals surface area contributed by atoms with E-state index in [9.17, 15) is 9.18 Å². The van der Waals surface area contributed by atoms with E-state index in [1.165, 1.54) is 18.2 Å². The molecule has 2 aromatic rings. The molecule has 1 amide bonds. The van der Waals surface area contributed by atoms with Gasteiger partial charge in [0.25, 0.3) is 5.91 Å². The summed E-state index contributed by atoms with van der Waals surface area (Å²) in [4.78, 5) is 14.7. The van der Waals surface area contributed by atoms with Crippen molar-refractivity contribution in [3.63, 3.8) is 0 Å². The van der Waals surface area contributed by atoms with Gasteiger partial charge in [0.2, 0.25) is 0 Å². The monoisotopic (exact) mass is 445 g/mol. The molecule has 2 aromatic carbocycles. The molecule has 1 aliphatic rings. The second-order valence-corrected chi connectivity index (χ2v) is 7.70. The summed E-state index contributed by atoms with van der Waals surface area (Å²) in [5.41, 5.74) is 2.42. The Kier molecular flexibility index (Phi) is 7.68. The summed E-state index contributed by atoms with van der Waals surface area (Å²) in [6.07, 6.45) is 1.74.